The summed E-state index contributed by atoms with van der Waals surface area (Å²) >= 11 is 0. The van der Waals surface area contributed by atoms with Crippen LogP contribution in [-0.2, 0) is 26.1 Å². The molecule has 1 heterocycles. The van der Waals surface area contributed by atoms with Gasteiger partial charge in [0.25, 0.3) is 0 Å². The number of esters is 1. The van der Waals surface area contributed by atoms with Gasteiger partial charge in [-0.15, -0.1) is 0 Å². The van der Waals surface area contributed by atoms with E-state index in [1.54, 1.807) is 32.4 Å². The molecule has 120 valence electrons. The third kappa shape index (κ3) is 4.04. The average molecular weight is 317 g/mol. The van der Waals surface area contributed by atoms with E-state index in [1.165, 1.54) is 0 Å². The number of carbonyl (C=O) groups is 1. The predicted molar refractivity (Wildman–Crippen MR) is 78.4 cm³/mol. The second-order valence-electron chi connectivity index (χ2n) is 4.82. The summed E-state index contributed by atoms with van der Waals surface area (Å²) in [7, 11) is -3.70. The molecule has 0 amide bonds. The van der Waals surface area contributed by atoms with Crippen molar-refractivity contribution in [2.45, 2.75) is 46.1 Å². The zero-order valence-corrected chi connectivity index (χ0v) is 14.0. The second-order valence-corrected chi connectivity index (χ2v) is 6.52. The molecule has 1 aromatic heterocycles. The smallest absolute Gasteiger partial charge is 0.309 e. The predicted octanol–water partition coefficient (Wildman–Crippen LogP) is 0.997. The third-order valence-corrected chi connectivity index (χ3v) is 4.83. The lowest BCUT2D eigenvalue weighted by Gasteiger charge is -2.12. The minimum Gasteiger partial charge on any atom is -0.466 e. The van der Waals surface area contributed by atoms with Gasteiger partial charge in [-0.25, -0.2) is 13.1 Å². The van der Waals surface area contributed by atoms with Gasteiger partial charge in [0.1, 0.15) is 4.90 Å². The first-order valence-corrected chi connectivity index (χ1v) is 8.43. The van der Waals surface area contributed by atoms with Gasteiger partial charge in [0.05, 0.1) is 23.9 Å². The number of hydrogen-bond acceptors (Lipinski definition) is 5. The van der Waals surface area contributed by atoms with E-state index in [0.717, 1.165) is 0 Å². The molecule has 0 spiro atoms. The molecule has 1 rings (SSSR count). The highest BCUT2D eigenvalue weighted by atomic mass is 32.2. The van der Waals surface area contributed by atoms with E-state index in [2.05, 4.69) is 9.82 Å². The molecule has 0 aromatic carbocycles. The molecule has 0 aliphatic rings. The van der Waals surface area contributed by atoms with Gasteiger partial charge in [-0.2, -0.15) is 5.10 Å². The Balaban J connectivity index is 2.88. The Kier molecular flexibility index (Phi) is 5.91. The molecule has 1 aromatic rings. The number of ether oxygens (including phenoxy) is 1. The zero-order chi connectivity index (χ0) is 16.2. The van der Waals surface area contributed by atoms with Crippen LogP contribution >= 0.6 is 0 Å². The van der Waals surface area contributed by atoms with Gasteiger partial charge in [-0.3, -0.25) is 9.48 Å². The first kappa shape index (κ1) is 17.6. The maximum Gasteiger partial charge on any atom is 0.309 e. The first-order valence-electron chi connectivity index (χ1n) is 6.94. The van der Waals surface area contributed by atoms with Crippen LogP contribution in [0.25, 0.3) is 0 Å². The Morgan fingerprint density at radius 2 is 2.00 bits per heavy atom. The number of carbonyl (C=O) groups excluding carboxylic acids is 1. The van der Waals surface area contributed by atoms with E-state index in [0.29, 0.717) is 17.9 Å². The van der Waals surface area contributed by atoms with E-state index < -0.39 is 21.9 Å². The number of aromatic nitrogens is 2. The molecule has 7 nitrogen and oxygen atoms in total. The Bertz CT molecular complexity index is 607. The molecule has 21 heavy (non-hydrogen) atoms. The SMILES string of the molecule is CCOC(=O)C(C)CNS(=O)(=O)c1c(C)nn(CC)c1C. The van der Waals surface area contributed by atoms with Crippen LogP contribution in [0.2, 0.25) is 0 Å². The summed E-state index contributed by atoms with van der Waals surface area (Å²) < 4.78 is 33.7. The van der Waals surface area contributed by atoms with Gasteiger partial charge in [-0.05, 0) is 27.7 Å². The van der Waals surface area contributed by atoms with Crippen molar-refractivity contribution in [1.29, 1.82) is 0 Å². The normalized spacial score (nSPS) is 13.2. The Labute approximate surface area is 125 Å². The summed E-state index contributed by atoms with van der Waals surface area (Å²) in [6.07, 6.45) is 0. The van der Waals surface area contributed by atoms with Crippen LogP contribution in [0.4, 0.5) is 0 Å². The fourth-order valence-electron chi connectivity index (χ4n) is 2.05. The standard InChI is InChI=1S/C13H23N3O4S/c1-6-16-11(5)12(10(4)15-16)21(18,19)14-8-9(3)13(17)20-7-2/h9,14H,6-8H2,1-5H3. The van der Waals surface area contributed by atoms with Crippen molar-refractivity contribution in [1.82, 2.24) is 14.5 Å². The fourth-order valence-corrected chi connectivity index (χ4v) is 3.59. The molecule has 0 saturated heterocycles. The quantitative estimate of drug-likeness (QED) is 0.758. The highest BCUT2D eigenvalue weighted by Crippen LogP contribution is 2.19. The summed E-state index contributed by atoms with van der Waals surface area (Å²) in [5.74, 6) is -0.959. The zero-order valence-electron chi connectivity index (χ0n) is 13.1. The van der Waals surface area contributed by atoms with Crippen LogP contribution < -0.4 is 4.72 Å². The Morgan fingerprint density at radius 1 is 1.38 bits per heavy atom. The molecule has 1 unspecified atom stereocenters. The molecule has 0 aliphatic heterocycles. The maximum atomic E-state index is 12.4. The molecule has 1 atom stereocenters. The van der Waals surface area contributed by atoms with Gasteiger partial charge >= 0.3 is 5.97 Å². The van der Waals surface area contributed by atoms with Crippen molar-refractivity contribution in [3.63, 3.8) is 0 Å². The lowest BCUT2D eigenvalue weighted by Crippen LogP contribution is -2.33. The highest BCUT2D eigenvalue weighted by Gasteiger charge is 2.25. The number of sulfonamides is 1. The van der Waals surface area contributed by atoms with E-state index in [-0.39, 0.29) is 18.0 Å². The van der Waals surface area contributed by atoms with E-state index >= 15 is 0 Å². The minimum atomic E-state index is -3.70. The molecule has 0 radical (unpaired) electrons. The lowest BCUT2D eigenvalue weighted by molar-refractivity contribution is -0.147. The van der Waals surface area contributed by atoms with Gasteiger partial charge in [-0.1, -0.05) is 6.92 Å². The van der Waals surface area contributed by atoms with Crippen LogP contribution in [-0.4, -0.2) is 37.3 Å². The van der Waals surface area contributed by atoms with Crippen molar-refractivity contribution in [2.75, 3.05) is 13.2 Å². The van der Waals surface area contributed by atoms with E-state index in [9.17, 15) is 13.2 Å². The van der Waals surface area contributed by atoms with Gasteiger partial charge in [0.15, 0.2) is 0 Å². The number of nitrogens with one attached hydrogen (secondary N) is 1. The number of nitrogens with zero attached hydrogens (tertiary/aromatic N) is 2. The van der Waals surface area contributed by atoms with Crippen LogP contribution in [0.3, 0.4) is 0 Å². The van der Waals surface area contributed by atoms with E-state index in [1.807, 2.05) is 6.92 Å². The molecule has 0 bridgehead atoms. The maximum absolute atomic E-state index is 12.4. The fraction of sp³-hybridized carbons (Fsp3) is 0.692. The average Bonchev–Trinajstić information content (AvgIpc) is 2.71. The van der Waals surface area contributed by atoms with Crippen molar-refractivity contribution < 1.29 is 17.9 Å². The third-order valence-electron chi connectivity index (χ3n) is 3.15. The Hall–Kier alpha value is -1.41. The summed E-state index contributed by atoms with van der Waals surface area (Å²) in [5.41, 5.74) is 1.04. The van der Waals surface area contributed by atoms with Crippen LogP contribution in [0, 0.1) is 19.8 Å². The van der Waals surface area contributed by atoms with Crippen LogP contribution in [0.5, 0.6) is 0 Å². The topological polar surface area (TPSA) is 90.3 Å². The summed E-state index contributed by atoms with van der Waals surface area (Å²) in [4.78, 5) is 11.7. The monoisotopic (exact) mass is 317 g/mol. The molecule has 1 N–H and O–H groups in total. The summed E-state index contributed by atoms with van der Waals surface area (Å²) in [6, 6.07) is 0. The van der Waals surface area contributed by atoms with Crippen molar-refractivity contribution in [3.05, 3.63) is 11.4 Å². The van der Waals surface area contributed by atoms with Gasteiger partial charge in [0.2, 0.25) is 10.0 Å². The molecular weight excluding hydrogens is 294 g/mol. The van der Waals surface area contributed by atoms with Gasteiger partial charge in [0, 0.05) is 13.1 Å². The van der Waals surface area contributed by atoms with E-state index in [4.69, 9.17) is 4.74 Å². The van der Waals surface area contributed by atoms with Crippen LogP contribution in [0.1, 0.15) is 32.2 Å². The van der Waals surface area contributed by atoms with Crippen molar-refractivity contribution in [3.8, 4) is 0 Å². The number of rotatable bonds is 7. The number of hydrogen-bond donors (Lipinski definition) is 1. The number of aryl methyl sites for hydroxylation is 2. The second kappa shape index (κ2) is 7.04. The van der Waals surface area contributed by atoms with Crippen molar-refractivity contribution >= 4 is 16.0 Å². The van der Waals surface area contributed by atoms with Crippen molar-refractivity contribution in [2.24, 2.45) is 5.92 Å². The first-order chi connectivity index (χ1) is 9.74. The highest BCUT2D eigenvalue weighted by molar-refractivity contribution is 7.89. The summed E-state index contributed by atoms with van der Waals surface area (Å²) in [6.45, 7) is 9.47. The summed E-state index contributed by atoms with van der Waals surface area (Å²) in [5, 5.41) is 4.19. The van der Waals surface area contributed by atoms with Gasteiger partial charge < -0.3 is 4.74 Å². The molecular formula is C13H23N3O4S. The minimum absolute atomic E-state index is 0.00263. The molecule has 8 heteroatoms. The molecule has 0 saturated carbocycles. The lowest BCUT2D eigenvalue weighted by atomic mass is 10.2. The molecule has 0 fully saturated rings. The molecule has 0 aliphatic carbocycles. The largest absolute Gasteiger partial charge is 0.466 e. The van der Waals surface area contributed by atoms with Crippen LogP contribution in [0.15, 0.2) is 4.90 Å². The Morgan fingerprint density at radius 3 is 2.48 bits per heavy atom.